The zero-order chi connectivity index (χ0) is 14.4. The molecule has 0 aliphatic carbocycles. The van der Waals surface area contributed by atoms with Crippen LogP contribution in [0, 0.1) is 0 Å². The smallest absolute Gasteiger partial charge is 0.119 e. The van der Waals surface area contributed by atoms with Crippen molar-refractivity contribution in [2.24, 2.45) is 0 Å². The lowest BCUT2D eigenvalue weighted by molar-refractivity contribution is 0.340. The Hall–Kier alpha value is -1.74. The number of nitrogens with one attached hydrogen (secondary N) is 1. The summed E-state index contributed by atoms with van der Waals surface area (Å²) in [5.74, 6) is 2.94. The van der Waals surface area contributed by atoms with Gasteiger partial charge < -0.3 is 14.5 Å². The first-order valence-corrected chi connectivity index (χ1v) is 7.26. The van der Waals surface area contributed by atoms with Gasteiger partial charge in [-0.1, -0.05) is 19.1 Å². The fraction of sp³-hybridized carbons (Fsp3) is 0.412. The van der Waals surface area contributed by atoms with Crippen molar-refractivity contribution >= 4 is 0 Å². The van der Waals surface area contributed by atoms with Gasteiger partial charge in [-0.2, -0.15) is 0 Å². The van der Waals surface area contributed by atoms with Gasteiger partial charge in [0.2, 0.25) is 0 Å². The molecule has 2 rings (SSSR count). The maximum Gasteiger partial charge on any atom is 0.119 e. The molecule has 1 N–H and O–H groups in total. The fourth-order valence-corrected chi connectivity index (χ4v) is 2.10. The number of benzene rings is 1. The minimum Gasteiger partial charge on any atom is -0.494 e. The number of rotatable bonds is 7. The van der Waals surface area contributed by atoms with Gasteiger partial charge in [0.15, 0.2) is 0 Å². The Morgan fingerprint density at radius 3 is 2.35 bits per heavy atom. The molecule has 0 fully saturated rings. The summed E-state index contributed by atoms with van der Waals surface area (Å²) < 4.78 is 11.1. The van der Waals surface area contributed by atoms with E-state index in [9.17, 15) is 0 Å². The van der Waals surface area contributed by atoms with Crippen molar-refractivity contribution in [3.8, 4) is 5.75 Å². The van der Waals surface area contributed by atoms with E-state index in [1.54, 1.807) is 0 Å². The first-order chi connectivity index (χ1) is 9.72. The molecular formula is C17H23NO2. The molecule has 1 unspecified atom stereocenters. The first-order valence-electron chi connectivity index (χ1n) is 7.26. The molecule has 1 aromatic heterocycles. The Kier molecular flexibility index (Phi) is 5.24. The van der Waals surface area contributed by atoms with Crippen LogP contribution in [0.1, 0.15) is 43.9 Å². The van der Waals surface area contributed by atoms with Crippen LogP contribution in [0.3, 0.4) is 0 Å². The molecule has 1 atom stereocenters. The zero-order valence-electron chi connectivity index (χ0n) is 12.5. The van der Waals surface area contributed by atoms with Gasteiger partial charge in [-0.3, -0.25) is 0 Å². The van der Waals surface area contributed by atoms with Crippen LogP contribution in [0.5, 0.6) is 5.75 Å². The largest absolute Gasteiger partial charge is 0.494 e. The minimum atomic E-state index is 0.279. The lowest BCUT2D eigenvalue weighted by Gasteiger charge is -2.14. The molecule has 20 heavy (non-hydrogen) atoms. The number of aryl methyl sites for hydroxylation is 1. The van der Waals surface area contributed by atoms with Gasteiger partial charge in [0, 0.05) is 12.5 Å². The lowest BCUT2D eigenvalue weighted by Crippen LogP contribution is -2.17. The van der Waals surface area contributed by atoms with Crippen molar-refractivity contribution in [3.63, 3.8) is 0 Å². The van der Waals surface area contributed by atoms with Crippen molar-refractivity contribution in [2.45, 2.75) is 39.8 Å². The van der Waals surface area contributed by atoms with E-state index < -0.39 is 0 Å². The molecule has 3 heteroatoms. The minimum absolute atomic E-state index is 0.279. The van der Waals surface area contributed by atoms with Crippen molar-refractivity contribution in [1.29, 1.82) is 0 Å². The van der Waals surface area contributed by atoms with Gasteiger partial charge >= 0.3 is 0 Å². The van der Waals surface area contributed by atoms with Gasteiger partial charge in [-0.05, 0) is 43.7 Å². The topological polar surface area (TPSA) is 34.4 Å². The Morgan fingerprint density at radius 1 is 1.05 bits per heavy atom. The standard InChI is InChI=1S/C17H23NO2/c1-4-15-10-11-17(20-15)12-18-13(3)14-6-8-16(9-7-14)19-5-2/h6-11,13,18H,4-5,12H2,1-3H3. The highest BCUT2D eigenvalue weighted by molar-refractivity contribution is 5.29. The molecule has 0 saturated heterocycles. The second kappa shape index (κ2) is 7.15. The van der Waals surface area contributed by atoms with Crippen LogP contribution in [0.15, 0.2) is 40.8 Å². The maximum atomic E-state index is 5.69. The van der Waals surface area contributed by atoms with Gasteiger partial charge in [-0.25, -0.2) is 0 Å². The number of hydrogen-bond acceptors (Lipinski definition) is 3. The van der Waals surface area contributed by atoms with Crippen LogP contribution >= 0.6 is 0 Å². The summed E-state index contributed by atoms with van der Waals surface area (Å²) >= 11 is 0. The van der Waals surface area contributed by atoms with E-state index in [1.165, 1.54) is 5.56 Å². The number of furan rings is 1. The maximum absolute atomic E-state index is 5.69. The third kappa shape index (κ3) is 3.87. The van der Waals surface area contributed by atoms with Gasteiger partial charge in [-0.15, -0.1) is 0 Å². The van der Waals surface area contributed by atoms with E-state index in [4.69, 9.17) is 9.15 Å². The molecular weight excluding hydrogens is 250 g/mol. The van der Waals surface area contributed by atoms with Crippen molar-refractivity contribution in [3.05, 3.63) is 53.5 Å². The summed E-state index contributed by atoms with van der Waals surface area (Å²) in [5, 5.41) is 3.47. The Balaban J connectivity index is 1.89. The summed E-state index contributed by atoms with van der Waals surface area (Å²) in [7, 11) is 0. The summed E-state index contributed by atoms with van der Waals surface area (Å²) in [6, 6.07) is 12.6. The zero-order valence-corrected chi connectivity index (χ0v) is 12.5. The average Bonchev–Trinajstić information content (AvgIpc) is 2.94. The molecule has 1 aromatic carbocycles. The Bertz CT molecular complexity index is 516. The first kappa shape index (κ1) is 14.7. The number of hydrogen-bond donors (Lipinski definition) is 1. The molecule has 0 radical (unpaired) electrons. The summed E-state index contributed by atoms with van der Waals surface area (Å²) in [5.41, 5.74) is 1.25. The van der Waals surface area contributed by atoms with Crippen LogP contribution in [-0.4, -0.2) is 6.61 Å². The van der Waals surface area contributed by atoms with Crippen LogP contribution in [-0.2, 0) is 13.0 Å². The van der Waals surface area contributed by atoms with Gasteiger partial charge in [0.1, 0.15) is 17.3 Å². The van der Waals surface area contributed by atoms with E-state index in [2.05, 4.69) is 31.3 Å². The van der Waals surface area contributed by atoms with E-state index >= 15 is 0 Å². The lowest BCUT2D eigenvalue weighted by atomic mass is 10.1. The van der Waals surface area contributed by atoms with Gasteiger partial charge in [0.25, 0.3) is 0 Å². The molecule has 0 spiro atoms. The van der Waals surface area contributed by atoms with E-state index in [-0.39, 0.29) is 6.04 Å². The molecule has 2 aromatic rings. The molecule has 0 aliphatic heterocycles. The predicted octanol–water partition coefficient (Wildman–Crippen LogP) is 4.09. The Labute approximate surface area is 121 Å². The molecule has 0 saturated carbocycles. The second-order valence-corrected chi connectivity index (χ2v) is 4.83. The van der Waals surface area contributed by atoms with E-state index in [1.807, 2.05) is 31.2 Å². The average molecular weight is 273 g/mol. The third-order valence-corrected chi connectivity index (χ3v) is 3.34. The van der Waals surface area contributed by atoms with E-state index in [0.717, 1.165) is 30.2 Å². The molecule has 3 nitrogen and oxygen atoms in total. The molecule has 0 bridgehead atoms. The summed E-state index contributed by atoms with van der Waals surface area (Å²) in [6.07, 6.45) is 0.939. The van der Waals surface area contributed by atoms with Gasteiger partial charge in [0.05, 0.1) is 13.2 Å². The molecule has 0 amide bonds. The quantitative estimate of drug-likeness (QED) is 0.825. The predicted molar refractivity (Wildman–Crippen MR) is 81.0 cm³/mol. The SMILES string of the molecule is CCOc1ccc(C(C)NCc2ccc(CC)o2)cc1. The monoisotopic (exact) mass is 273 g/mol. The molecule has 0 aliphatic rings. The Morgan fingerprint density at radius 2 is 1.75 bits per heavy atom. The van der Waals surface area contributed by atoms with Crippen LogP contribution in [0.25, 0.3) is 0 Å². The van der Waals surface area contributed by atoms with E-state index in [0.29, 0.717) is 6.61 Å². The highest BCUT2D eigenvalue weighted by Crippen LogP contribution is 2.18. The van der Waals surface area contributed by atoms with Crippen molar-refractivity contribution in [2.75, 3.05) is 6.61 Å². The molecule has 108 valence electrons. The summed E-state index contributed by atoms with van der Waals surface area (Å²) in [6.45, 7) is 7.68. The fourth-order valence-electron chi connectivity index (χ4n) is 2.10. The molecule has 1 heterocycles. The highest BCUT2D eigenvalue weighted by atomic mass is 16.5. The third-order valence-electron chi connectivity index (χ3n) is 3.34. The van der Waals surface area contributed by atoms with Crippen LogP contribution < -0.4 is 10.1 Å². The summed E-state index contributed by atoms with van der Waals surface area (Å²) in [4.78, 5) is 0. The second-order valence-electron chi connectivity index (χ2n) is 4.83. The number of ether oxygens (including phenoxy) is 1. The highest BCUT2D eigenvalue weighted by Gasteiger charge is 2.07. The normalized spacial score (nSPS) is 12.3. The van der Waals surface area contributed by atoms with Crippen molar-refractivity contribution < 1.29 is 9.15 Å². The van der Waals surface area contributed by atoms with Crippen molar-refractivity contribution in [1.82, 2.24) is 5.32 Å². The van der Waals surface area contributed by atoms with Crippen LogP contribution in [0.2, 0.25) is 0 Å². The van der Waals surface area contributed by atoms with Crippen LogP contribution in [0.4, 0.5) is 0 Å².